The van der Waals surface area contributed by atoms with Gasteiger partial charge in [-0.3, -0.25) is 4.79 Å². The largest absolute Gasteiger partial charge is 0.381 e. The van der Waals surface area contributed by atoms with E-state index in [0.717, 1.165) is 12.8 Å². The Morgan fingerprint density at radius 3 is 2.75 bits per heavy atom. The number of nitrogens with zero attached hydrogens (tertiary/aromatic N) is 1. The number of carbonyl (C=O) groups is 1. The van der Waals surface area contributed by atoms with Gasteiger partial charge in [0.15, 0.2) is 0 Å². The zero-order valence-corrected chi connectivity index (χ0v) is 14.6. The Balaban J connectivity index is 1.67. The highest BCUT2D eigenvalue weighted by Gasteiger charge is 2.34. The van der Waals surface area contributed by atoms with Crippen molar-refractivity contribution in [2.75, 3.05) is 19.8 Å². The molecule has 1 amide bonds. The molecule has 0 bridgehead atoms. The summed E-state index contributed by atoms with van der Waals surface area (Å²) in [4.78, 5) is 16.3. The third kappa shape index (κ3) is 4.20. The molecule has 128 valence electrons. The molecule has 3 rings (SSSR count). The van der Waals surface area contributed by atoms with Crippen molar-refractivity contribution in [2.24, 2.45) is 0 Å². The molecule has 1 fully saturated rings. The van der Waals surface area contributed by atoms with E-state index in [-0.39, 0.29) is 17.5 Å². The first-order chi connectivity index (χ1) is 11.7. The zero-order chi connectivity index (χ0) is 16.8. The third-order valence-electron chi connectivity index (χ3n) is 4.52. The maximum Gasteiger partial charge on any atom is 0.270 e. The molecule has 1 aromatic carbocycles. The molecular formula is C18H23N3O2S. The van der Waals surface area contributed by atoms with E-state index in [1.165, 1.54) is 16.9 Å². The SMILES string of the molecule is C[C@@H](NC1(CNC(=O)c2cscn2)CCOCC1)c1ccccc1. The Kier molecular flexibility index (Phi) is 5.60. The molecule has 5 nitrogen and oxygen atoms in total. The minimum Gasteiger partial charge on any atom is -0.381 e. The smallest absolute Gasteiger partial charge is 0.270 e. The molecule has 0 saturated carbocycles. The lowest BCUT2D eigenvalue weighted by Crippen LogP contribution is -2.57. The average molecular weight is 345 g/mol. The third-order valence-corrected chi connectivity index (χ3v) is 5.11. The van der Waals surface area contributed by atoms with Crippen molar-refractivity contribution >= 4 is 17.2 Å². The van der Waals surface area contributed by atoms with E-state index in [0.29, 0.717) is 25.5 Å². The summed E-state index contributed by atoms with van der Waals surface area (Å²) in [5, 5.41) is 8.55. The molecule has 2 heterocycles. The number of rotatable bonds is 6. The van der Waals surface area contributed by atoms with Crippen molar-refractivity contribution in [3.63, 3.8) is 0 Å². The van der Waals surface area contributed by atoms with Crippen LogP contribution in [0, 0.1) is 0 Å². The maximum atomic E-state index is 12.2. The summed E-state index contributed by atoms with van der Waals surface area (Å²) in [5.74, 6) is -0.115. The van der Waals surface area contributed by atoms with Gasteiger partial charge in [0.1, 0.15) is 5.69 Å². The van der Waals surface area contributed by atoms with Gasteiger partial charge in [-0.25, -0.2) is 4.98 Å². The zero-order valence-electron chi connectivity index (χ0n) is 13.8. The van der Waals surface area contributed by atoms with Gasteiger partial charge in [-0.05, 0) is 25.3 Å². The lowest BCUT2D eigenvalue weighted by molar-refractivity contribution is 0.0332. The van der Waals surface area contributed by atoms with E-state index >= 15 is 0 Å². The van der Waals surface area contributed by atoms with E-state index in [2.05, 4.69) is 34.7 Å². The molecule has 24 heavy (non-hydrogen) atoms. The highest BCUT2D eigenvalue weighted by molar-refractivity contribution is 7.07. The van der Waals surface area contributed by atoms with Crippen molar-refractivity contribution in [1.29, 1.82) is 0 Å². The van der Waals surface area contributed by atoms with Gasteiger partial charge in [0, 0.05) is 36.7 Å². The molecule has 2 N–H and O–H groups in total. The van der Waals surface area contributed by atoms with Gasteiger partial charge < -0.3 is 15.4 Å². The van der Waals surface area contributed by atoms with Gasteiger partial charge in [-0.2, -0.15) is 0 Å². The van der Waals surface area contributed by atoms with Crippen LogP contribution in [-0.4, -0.2) is 36.2 Å². The van der Waals surface area contributed by atoms with Crippen LogP contribution in [0.25, 0.3) is 0 Å². The molecule has 1 aliphatic heterocycles. The summed E-state index contributed by atoms with van der Waals surface area (Å²) in [7, 11) is 0. The molecule has 0 unspecified atom stereocenters. The fourth-order valence-electron chi connectivity index (χ4n) is 3.08. The summed E-state index contributed by atoms with van der Waals surface area (Å²) in [6.45, 7) is 4.15. The van der Waals surface area contributed by atoms with E-state index in [4.69, 9.17) is 4.74 Å². The Labute approximate surface area is 146 Å². The van der Waals surface area contributed by atoms with Crippen LogP contribution in [0.2, 0.25) is 0 Å². The van der Waals surface area contributed by atoms with Crippen LogP contribution in [-0.2, 0) is 4.74 Å². The molecule has 0 spiro atoms. The molecule has 6 heteroatoms. The van der Waals surface area contributed by atoms with Crippen LogP contribution in [0.4, 0.5) is 0 Å². The first-order valence-electron chi connectivity index (χ1n) is 8.25. The summed E-state index contributed by atoms with van der Waals surface area (Å²) >= 11 is 1.43. The lowest BCUT2D eigenvalue weighted by atomic mass is 9.88. The first kappa shape index (κ1) is 17.1. The van der Waals surface area contributed by atoms with Crippen LogP contribution in [0.3, 0.4) is 0 Å². The van der Waals surface area contributed by atoms with E-state index in [1.54, 1.807) is 10.9 Å². The van der Waals surface area contributed by atoms with Crippen molar-refractivity contribution in [3.8, 4) is 0 Å². The highest BCUT2D eigenvalue weighted by atomic mass is 32.1. The summed E-state index contributed by atoms with van der Waals surface area (Å²) in [6.07, 6.45) is 1.75. The van der Waals surface area contributed by atoms with Crippen molar-refractivity contribution in [1.82, 2.24) is 15.6 Å². The lowest BCUT2D eigenvalue weighted by Gasteiger charge is -2.40. The molecule has 0 aliphatic carbocycles. The molecule has 1 atom stereocenters. The molecule has 1 aliphatic rings. The van der Waals surface area contributed by atoms with Crippen molar-refractivity contribution < 1.29 is 9.53 Å². The number of hydrogen-bond acceptors (Lipinski definition) is 5. The summed E-state index contributed by atoms with van der Waals surface area (Å²) in [5.41, 5.74) is 3.25. The number of benzene rings is 1. The molecule has 1 saturated heterocycles. The summed E-state index contributed by atoms with van der Waals surface area (Å²) < 4.78 is 5.53. The number of carbonyl (C=O) groups excluding carboxylic acids is 1. The maximum absolute atomic E-state index is 12.2. The Bertz CT molecular complexity index is 640. The monoisotopic (exact) mass is 345 g/mol. The molecule has 1 aromatic heterocycles. The van der Waals surface area contributed by atoms with E-state index in [9.17, 15) is 4.79 Å². The van der Waals surface area contributed by atoms with Crippen molar-refractivity contribution in [2.45, 2.75) is 31.3 Å². The number of amides is 1. The standard InChI is InChI=1S/C18H23N3O2S/c1-14(15-5-3-2-4-6-15)21-18(7-9-23-10-8-18)12-19-17(22)16-11-24-13-20-16/h2-6,11,13-14,21H,7-10,12H2,1H3,(H,19,22)/t14-/m1/s1. The average Bonchev–Trinajstić information content (AvgIpc) is 3.16. The quantitative estimate of drug-likeness (QED) is 0.845. The molecule has 2 aromatic rings. The van der Waals surface area contributed by atoms with Crippen LogP contribution in [0.5, 0.6) is 0 Å². The molecular weight excluding hydrogens is 322 g/mol. The van der Waals surface area contributed by atoms with Gasteiger partial charge in [0.25, 0.3) is 5.91 Å². The Morgan fingerprint density at radius 2 is 2.08 bits per heavy atom. The number of nitrogens with one attached hydrogen (secondary N) is 2. The first-order valence-corrected chi connectivity index (χ1v) is 9.20. The number of aromatic nitrogens is 1. The topological polar surface area (TPSA) is 63.2 Å². The second-order valence-corrected chi connectivity index (χ2v) is 6.94. The van der Waals surface area contributed by atoms with E-state index in [1.807, 2.05) is 18.2 Å². The fourth-order valence-corrected chi connectivity index (χ4v) is 3.62. The number of hydrogen-bond donors (Lipinski definition) is 2. The predicted molar refractivity (Wildman–Crippen MR) is 95.2 cm³/mol. The number of ether oxygens (including phenoxy) is 1. The van der Waals surface area contributed by atoms with Gasteiger partial charge in [0.05, 0.1) is 5.51 Å². The second-order valence-electron chi connectivity index (χ2n) is 6.23. The number of thiazole rings is 1. The van der Waals surface area contributed by atoms with Crippen LogP contribution >= 0.6 is 11.3 Å². The Hall–Kier alpha value is -1.76. The molecule has 0 radical (unpaired) electrons. The van der Waals surface area contributed by atoms with Gasteiger partial charge >= 0.3 is 0 Å². The Morgan fingerprint density at radius 1 is 1.33 bits per heavy atom. The van der Waals surface area contributed by atoms with Crippen molar-refractivity contribution in [3.05, 3.63) is 52.5 Å². The van der Waals surface area contributed by atoms with Gasteiger partial charge in [-0.15, -0.1) is 11.3 Å². The highest BCUT2D eigenvalue weighted by Crippen LogP contribution is 2.25. The van der Waals surface area contributed by atoms with E-state index < -0.39 is 0 Å². The van der Waals surface area contributed by atoms with Crippen LogP contribution < -0.4 is 10.6 Å². The fraction of sp³-hybridized carbons (Fsp3) is 0.444. The van der Waals surface area contributed by atoms with Gasteiger partial charge in [0.2, 0.25) is 0 Å². The predicted octanol–water partition coefficient (Wildman–Crippen LogP) is 2.77. The second kappa shape index (κ2) is 7.88. The minimum absolute atomic E-state index is 0.115. The van der Waals surface area contributed by atoms with Crippen LogP contribution in [0.1, 0.15) is 41.9 Å². The van der Waals surface area contributed by atoms with Crippen LogP contribution in [0.15, 0.2) is 41.2 Å². The van der Waals surface area contributed by atoms with Gasteiger partial charge in [-0.1, -0.05) is 30.3 Å². The minimum atomic E-state index is -0.154. The summed E-state index contributed by atoms with van der Waals surface area (Å²) in [6, 6.07) is 10.6. The normalized spacial score (nSPS) is 18.0.